The number of hydrogen-bond acceptors (Lipinski definition) is 1. The molecule has 0 atom stereocenters. The van der Waals surface area contributed by atoms with E-state index in [9.17, 15) is 0 Å². The fourth-order valence-corrected chi connectivity index (χ4v) is 0.304. The van der Waals surface area contributed by atoms with E-state index in [1.807, 2.05) is 53.7 Å². The average Bonchev–Trinajstić information content (AvgIpc) is 2.71. The molecule has 0 unspecified atom stereocenters. The smallest absolute Gasteiger partial charge is 0.0573 e. The molecule has 1 rings (SSSR count). The van der Waals surface area contributed by atoms with Crippen LogP contribution < -0.4 is 0 Å². The van der Waals surface area contributed by atoms with Gasteiger partial charge in [0.1, 0.15) is 0 Å². The predicted molar refractivity (Wildman–Crippen MR) is 56.5 cm³/mol. The van der Waals surface area contributed by atoms with Crippen LogP contribution in [0.5, 0.6) is 0 Å². The van der Waals surface area contributed by atoms with Crippen molar-refractivity contribution in [3.05, 3.63) is 12.2 Å². The molecule has 0 bridgehead atoms. The number of rotatable bonds is 0. The Morgan fingerprint density at radius 3 is 1.45 bits per heavy atom. The summed E-state index contributed by atoms with van der Waals surface area (Å²) in [5, 5.41) is 0. The zero-order valence-electron chi connectivity index (χ0n) is 8.89. The van der Waals surface area contributed by atoms with E-state index in [0.717, 1.165) is 6.54 Å². The molecule has 0 N–H and O–H groups in total. The fraction of sp³-hybridized carbons (Fsp3) is 0.700. The normalized spacial score (nSPS) is 9.64. The highest BCUT2D eigenvalue weighted by Gasteiger charge is 1.72. The van der Waals surface area contributed by atoms with Gasteiger partial charge < -0.3 is 0 Å². The highest BCUT2D eigenvalue weighted by atomic mass is 14.7. The molecule has 0 spiro atoms. The molecule has 1 aliphatic heterocycles. The molecule has 0 aliphatic carbocycles. The molecule has 0 radical (unpaired) electrons. The number of nitrogens with zero attached hydrogens (tertiary/aromatic N) is 1. The first kappa shape index (κ1) is 16.8. The molecule has 0 amide bonds. The molecule has 0 aromatic rings. The van der Waals surface area contributed by atoms with Crippen LogP contribution in [0.25, 0.3) is 0 Å². The summed E-state index contributed by atoms with van der Waals surface area (Å²) < 4.78 is 0. The molecule has 11 heavy (non-hydrogen) atoms. The lowest BCUT2D eigenvalue weighted by molar-refractivity contribution is 1.29. The van der Waals surface area contributed by atoms with Gasteiger partial charge in [-0.3, -0.25) is 4.99 Å². The van der Waals surface area contributed by atoms with E-state index in [1.165, 1.54) is 0 Å². The Bertz CT molecular complexity index is 62.9. The second-order valence-electron chi connectivity index (χ2n) is 0.942. The van der Waals surface area contributed by atoms with Crippen molar-refractivity contribution in [1.82, 2.24) is 0 Å². The summed E-state index contributed by atoms with van der Waals surface area (Å²) in [6, 6.07) is 0. The maximum Gasteiger partial charge on any atom is 0.0573 e. The fourth-order valence-electron chi connectivity index (χ4n) is 0.304. The summed E-state index contributed by atoms with van der Waals surface area (Å²) in [6.07, 6.45) is 5.76. The molecule has 0 saturated carbocycles. The summed E-state index contributed by atoms with van der Waals surface area (Å²) in [5.41, 5.74) is 0. The third-order valence-electron chi connectivity index (χ3n) is 0.538. The highest BCUT2D eigenvalue weighted by molar-refractivity contribution is 5.73. The van der Waals surface area contributed by atoms with E-state index in [4.69, 9.17) is 0 Å². The Balaban J connectivity index is -0.0000000933. The summed E-state index contributed by atoms with van der Waals surface area (Å²) in [7, 11) is 0. The van der Waals surface area contributed by atoms with Gasteiger partial charge in [-0.2, -0.15) is 0 Å². The van der Waals surface area contributed by atoms with Gasteiger partial charge in [0.25, 0.3) is 0 Å². The summed E-state index contributed by atoms with van der Waals surface area (Å²) in [5.74, 6) is 0. The van der Waals surface area contributed by atoms with Gasteiger partial charge in [0, 0.05) is 6.21 Å². The van der Waals surface area contributed by atoms with E-state index in [1.54, 1.807) is 6.21 Å². The van der Waals surface area contributed by atoms with E-state index in [-0.39, 0.29) is 0 Å². The van der Waals surface area contributed by atoms with Crippen molar-refractivity contribution in [2.45, 2.75) is 41.5 Å². The van der Waals surface area contributed by atoms with Crippen molar-refractivity contribution in [1.29, 1.82) is 0 Å². The van der Waals surface area contributed by atoms with Crippen molar-refractivity contribution in [3.8, 4) is 0 Å². The highest BCUT2D eigenvalue weighted by Crippen LogP contribution is 1.78. The Labute approximate surface area is 72.2 Å². The van der Waals surface area contributed by atoms with Crippen LogP contribution in [0, 0.1) is 0 Å². The summed E-state index contributed by atoms with van der Waals surface area (Å²) in [4.78, 5) is 3.85. The second-order valence-corrected chi connectivity index (χ2v) is 0.942. The first-order valence-corrected chi connectivity index (χ1v) is 4.65. The lowest BCUT2D eigenvalue weighted by Crippen LogP contribution is -1.54. The van der Waals surface area contributed by atoms with Crippen LogP contribution in [-0.4, -0.2) is 12.8 Å². The maximum atomic E-state index is 3.85. The molecular formula is C10H23N. The quantitative estimate of drug-likeness (QED) is 0.508. The monoisotopic (exact) mass is 157 g/mol. The van der Waals surface area contributed by atoms with E-state index in [0.29, 0.717) is 0 Å². The Kier molecular flexibility index (Phi) is 52.2. The van der Waals surface area contributed by atoms with Crippen LogP contribution in [0.1, 0.15) is 41.5 Å². The topological polar surface area (TPSA) is 12.4 Å². The molecule has 1 heteroatoms. The van der Waals surface area contributed by atoms with Gasteiger partial charge in [-0.15, -0.1) is 0 Å². The van der Waals surface area contributed by atoms with Crippen molar-refractivity contribution < 1.29 is 0 Å². The molecule has 1 heterocycles. The minimum absolute atomic E-state index is 0.889. The van der Waals surface area contributed by atoms with Crippen molar-refractivity contribution in [2.24, 2.45) is 4.99 Å². The summed E-state index contributed by atoms with van der Waals surface area (Å²) >= 11 is 0. The molecule has 0 saturated heterocycles. The van der Waals surface area contributed by atoms with Gasteiger partial charge in [-0.25, -0.2) is 0 Å². The third kappa shape index (κ3) is 26.6. The van der Waals surface area contributed by atoms with E-state index < -0.39 is 0 Å². The summed E-state index contributed by atoms with van der Waals surface area (Å²) in [6.45, 7) is 12.9. The zero-order valence-corrected chi connectivity index (χ0v) is 8.89. The minimum Gasteiger partial charge on any atom is -0.289 e. The van der Waals surface area contributed by atoms with Gasteiger partial charge in [0.2, 0.25) is 0 Å². The zero-order chi connectivity index (χ0) is 9.54. The van der Waals surface area contributed by atoms with Crippen molar-refractivity contribution in [2.75, 3.05) is 6.54 Å². The van der Waals surface area contributed by atoms with Gasteiger partial charge in [0.15, 0.2) is 0 Å². The van der Waals surface area contributed by atoms with E-state index in [2.05, 4.69) is 4.99 Å². The van der Waals surface area contributed by atoms with Crippen LogP contribution in [0.2, 0.25) is 0 Å². The molecular weight excluding hydrogens is 134 g/mol. The lowest BCUT2D eigenvalue weighted by Gasteiger charge is -1.60. The standard InChI is InChI=1S/C4H5N.3C2H6/c1-2-4-5-3-1;3*1-2/h1-3H,4H2;3*1-2H3. The minimum atomic E-state index is 0.889. The lowest BCUT2D eigenvalue weighted by atomic mass is 10.6. The van der Waals surface area contributed by atoms with Gasteiger partial charge >= 0.3 is 0 Å². The molecule has 68 valence electrons. The number of aliphatic imine (C=N–C) groups is 1. The number of allylic oxidation sites excluding steroid dienone is 1. The molecule has 0 aromatic carbocycles. The van der Waals surface area contributed by atoms with Crippen molar-refractivity contribution in [3.63, 3.8) is 0 Å². The van der Waals surface area contributed by atoms with Gasteiger partial charge in [-0.05, 0) is 6.08 Å². The molecule has 0 fully saturated rings. The Morgan fingerprint density at radius 1 is 0.909 bits per heavy atom. The average molecular weight is 157 g/mol. The van der Waals surface area contributed by atoms with Crippen LogP contribution >= 0.6 is 0 Å². The second kappa shape index (κ2) is 34.2. The third-order valence-corrected chi connectivity index (χ3v) is 0.538. The number of hydrogen-bond donors (Lipinski definition) is 0. The first-order chi connectivity index (χ1) is 5.50. The SMILES string of the molecule is C1=CCN=C1.CC.CC.CC. The predicted octanol–water partition coefficient (Wildman–Crippen LogP) is 3.71. The van der Waals surface area contributed by atoms with Crippen molar-refractivity contribution >= 4 is 6.21 Å². The molecule has 1 nitrogen and oxygen atoms in total. The Morgan fingerprint density at radius 2 is 1.36 bits per heavy atom. The van der Waals surface area contributed by atoms with Crippen LogP contribution in [-0.2, 0) is 0 Å². The largest absolute Gasteiger partial charge is 0.289 e. The van der Waals surface area contributed by atoms with Gasteiger partial charge in [-0.1, -0.05) is 47.6 Å². The van der Waals surface area contributed by atoms with Crippen LogP contribution in [0.15, 0.2) is 17.1 Å². The first-order valence-electron chi connectivity index (χ1n) is 4.65. The van der Waals surface area contributed by atoms with E-state index >= 15 is 0 Å². The van der Waals surface area contributed by atoms with Crippen LogP contribution in [0.3, 0.4) is 0 Å². The molecule has 0 aromatic heterocycles. The van der Waals surface area contributed by atoms with Gasteiger partial charge in [0.05, 0.1) is 6.54 Å². The van der Waals surface area contributed by atoms with Crippen LogP contribution in [0.4, 0.5) is 0 Å². The maximum absolute atomic E-state index is 3.85. The molecule has 1 aliphatic rings. The Hall–Kier alpha value is -0.590.